The van der Waals surface area contributed by atoms with E-state index in [1.165, 1.54) is 25.7 Å². The molecule has 9 rings (SSSR count). The summed E-state index contributed by atoms with van der Waals surface area (Å²) in [6.07, 6.45) is 5.27. The Bertz CT molecular complexity index is 898. The zero-order chi connectivity index (χ0) is 18.1. The predicted octanol–water partition coefficient (Wildman–Crippen LogP) is 3.52. The number of esters is 1. The van der Waals surface area contributed by atoms with Crippen LogP contribution in [0.5, 0.6) is 0 Å². The Morgan fingerprint density at radius 3 is 2.22 bits per heavy atom. The van der Waals surface area contributed by atoms with Gasteiger partial charge in [0, 0.05) is 10.8 Å². The van der Waals surface area contributed by atoms with E-state index in [1.54, 1.807) is 7.11 Å². The lowest BCUT2D eigenvalue weighted by molar-refractivity contribution is -0.160. The first kappa shape index (κ1) is 14.4. The molecule has 9 aliphatic rings. The smallest absolute Gasteiger partial charge is 0.312 e. The van der Waals surface area contributed by atoms with Crippen molar-refractivity contribution in [3.05, 3.63) is 0 Å². The molecule has 2 spiro atoms. The van der Waals surface area contributed by atoms with Crippen molar-refractivity contribution < 1.29 is 14.3 Å². The largest absolute Gasteiger partial charge is 0.469 e. The molecule has 0 bridgehead atoms. The van der Waals surface area contributed by atoms with E-state index in [9.17, 15) is 4.79 Å². The summed E-state index contributed by atoms with van der Waals surface area (Å²) in [7, 11) is 1.64. The maximum absolute atomic E-state index is 13.4. The Labute approximate surface area is 160 Å². The zero-order valence-corrected chi connectivity index (χ0v) is 16.8. The molecule has 3 heteroatoms. The molecule has 144 valence electrons. The lowest BCUT2D eigenvalue weighted by Gasteiger charge is -2.41. The lowest BCUT2D eigenvalue weighted by Crippen LogP contribution is -2.48. The van der Waals surface area contributed by atoms with Crippen LogP contribution in [-0.4, -0.2) is 24.3 Å². The van der Waals surface area contributed by atoms with E-state index in [2.05, 4.69) is 20.8 Å². The number of methoxy groups -OCH3 is 1. The Balaban J connectivity index is 1.43. The number of rotatable bonds is 1. The molecule has 0 N–H and O–H groups in total. The number of epoxide rings is 1. The third-order valence-electron chi connectivity index (χ3n) is 13.7. The topological polar surface area (TPSA) is 38.8 Å². The van der Waals surface area contributed by atoms with Crippen molar-refractivity contribution in [3.63, 3.8) is 0 Å². The molecule has 1 heterocycles. The van der Waals surface area contributed by atoms with Gasteiger partial charge in [-0.3, -0.25) is 4.79 Å². The molecular formula is C24H30O3. The van der Waals surface area contributed by atoms with Gasteiger partial charge in [0.05, 0.1) is 12.5 Å². The van der Waals surface area contributed by atoms with Gasteiger partial charge in [-0.05, 0) is 91.8 Å². The Morgan fingerprint density at radius 1 is 0.889 bits per heavy atom. The maximum atomic E-state index is 13.4. The zero-order valence-electron chi connectivity index (χ0n) is 16.8. The van der Waals surface area contributed by atoms with Crippen molar-refractivity contribution >= 4 is 5.97 Å². The van der Waals surface area contributed by atoms with Crippen LogP contribution in [0.1, 0.15) is 46.5 Å². The van der Waals surface area contributed by atoms with Gasteiger partial charge < -0.3 is 9.47 Å². The summed E-state index contributed by atoms with van der Waals surface area (Å²) in [5.74, 6) is 7.59. The van der Waals surface area contributed by atoms with Crippen molar-refractivity contribution in [2.75, 3.05) is 7.11 Å². The van der Waals surface area contributed by atoms with Gasteiger partial charge in [0.2, 0.25) is 0 Å². The SMILES string of the molecule is COC(=O)[C@]1(C)C2C3CCC45OC46C4(C)C(C2C2C4C4C(CC[C@]46C)C21)C35. The second kappa shape index (κ2) is 3.24. The fraction of sp³-hybridized carbons (Fsp3) is 0.958. The van der Waals surface area contributed by atoms with Crippen LogP contribution in [-0.2, 0) is 14.3 Å². The second-order valence-corrected chi connectivity index (χ2v) is 12.9. The summed E-state index contributed by atoms with van der Waals surface area (Å²) in [6, 6.07) is 0. The summed E-state index contributed by atoms with van der Waals surface area (Å²) in [6.45, 7) is 7.67. The van der Waals surface area contributed by atoms with Crippen LogP contribution >= 0.6 is 0 Å². The molecule has 8 saturated carbocycles. The molecule has 0 radical (unpaired) electrons. The van der Waals surface area contributed by atoms with Gasteiger partial charge in [0.25, 0.3) is 0 Å². The average Bonchev–Trinajstić information content (AvgIpc) is 3.21. The highest BCUT2D eigenvalue weighted by Crippen LogP contribution is 3.02. The molecule has 1 saturated heterocycles. The first-order valence-electron chi connectivity index (χ1n) is 11.6. The average molecular weight is 367 g/mol. The van der Waals surface area contributed by atoms with Crippen LogP contribution < -0.4 is 0 Å². The summed E-state index contributed by atoms with van der Waals surface area (Å²) in [4.78, 5) is 13.4. The molecule has 3 nitrogen and oxygen atoms in total. The molecule has 8 aliphatic carbocycles. The van der Waals surface area contributed by atoms with Gasteiger partial charge in [-0.1, -0.05) is 13.8 Å². The highest BCUT2D eigenvalue weighted by atomic mass is 16.6. The standard InChI is InChI=1S/C24H30O3/c1-20-7-5-9-13-11-12-14(21(13,2)19(25)26-4)10-6-8-23-16(10)18(12)22(3,17(11)15(9)20)24(20,23)27-23/h9-18H,5-8H2,1-4H3/t9?,10?,11?,12?,13?,14?,15?,16?,17?,18?,20-,21+,22?,23?,24?/m1/s1. The third kappa shape index (κ3) is 0.821. The third-order valence-corrected chi connectivity index (χ3v) is 13.7. The van der Waals surface area contributed by atoms with E-state index in [4.69, 9.17) is 9.47 Å². The lowest BCUT2D eigenvalue weighted by atomic mass is 9.60. The minimum absolute atomic E-state index is 0.131. The highest BCUT2D eigenvalue weighted by Gasteiger charge is 3.06. The quantitative estimate of drug-likeness (QED) is 0.526. The van der Waals surface area contributed by atoms with Crippen LogP contribution in [0, 0.1) is 75.4 Å². The van der Waals surface area contributed by atoms with Crippen molar-refractivity contribution in [1.82, 2.24) is 0 Å². The molecule has 15 atom stereocenters. The number of carbonyl (C=O) groups is 1. The summed E-state index contributed by atoms with van der Waals surface area (Å²) in [5.41, 5.74) is 0.961. The summed E-state index contributed by atoms with van der Waals surface area (Å²) >= 11 is 0. The predicted molar refractivity (Wildman–Crippen MR) is 96.3 cm³/mol. The minimum Gasteiger partial charge on any atom is -0.469 e. The molecule has 13 unspecified atom stereocenters. The Morgan fingerprint density at radius 2 is 1.52 bits per heavy atom. The van der Waals surface area contributed by atoms with Crippen LogP contribution in [0.4, 0.5) is 0 Å². The van der Waals surface area contributed by atoms with E-state index in [0.717, 1.165) is 47.3 Å². The molecule has 0 aromatic heterocycles. The van der Waals surface area contributed by atoms with Crippen molar-refractivity contribution in [2.45, 2.75) is 57.7 Å². The fourth-order valence-electron chi connectivity index (χ4n) is 14.4. The number of carbonyl (C=O) groups excluding carboxylic acids is 1. The first-order chi connectivity index (χ1) is 12.9. The summed E-state index contributed by atoms with van der Waals surface area (Å²) in [5, 5.41) is 0. The molecule has 9 fully saturated rings. The normalized spacial score (nSPS) is 81.5. The number of hydrogen-bond donors (Lipinski definition) is 0. The van der Waals surface area contributed by atoms with Crippen molar-refractivity contribution in [3.8, 4) is 0 Å². The van der Waals surface area contributed by atoms with E-state index in [-0.39, 0.29) is 22.6 Å². The van der Waals surface area contributed by atoms with Crippen molar-refractivity contribution in [1.29, 1.82) is 0 Å². The van der Waals surface area contributed by atoms with Gasteiger partial charge in [-0.15, -0.1) is 0 Å². The Hall–Kier alpha value is -0.570. The number of ether oxygens (including phenoxy) is 2. The monoisotopic (exact) mass is 366 g/mol. The molecule has 0 amide bonds. The van der Waals surface area contributed by atoms with Gasteiger partial charge in [-0.25, -0.2) is 0 Å². The fourth-order valence-corrected chi connectivity index (χ4v) is 14.4. The number of hydrogen-bond acceptors (Lipinski definition) is 3. The van der Waals surface area contributed by atoms with Gasteiger partial charge in [0.15, 0.2) is 0 Å². The van der Waals surface area contributed by atoms with Crippen molar-refractivity contribution in [2.24, 2.45) is 75.4 Å². The van der Waals surface area contributed by atoms with Crippen LogP contribution in [0.25, 0.3) is 0 Å². The molecular weight excluding hydrogens is 336 g/mol. The minimum atomic E-state index is -0.232. The molecule has 0 aromatic rings. The summed E-state index contributed by atoms with van der Waals surface area (Å²) < 4.78 is 12.7. The number of fused-ring (bicyclic) bond motifs is 2. The Kier molecular flexibility index (Phi) is 1.73. The first-order valence-corrected chi connectivity index (χ1v) is 11.6. The van der Waals surface area contributed by atoms with E-state index < -0.39 is 0 Å². The van der Waals surface area contributed by atoms with E-state index in [1.807, 2.05) is 0 Å². The van der Waals surface area contributed by atoms with Gasteiger partial charge >= 0.3 is 5.97 Å². The maximum Gasteiger partial charge on any atom is 0.312 e. The van der Waals surface area contributed by atoms with E-state index in [0.29, 0.717) is 22.7 Å². The second-order valence-electron chi connectivity index (χ2n) is 12.9. The van der Waals surface area contributed by atoms with Crippen LogP contribution in [0.15, 0.2) is 0 Å². The highest BCUT2D eigenvalue weighted by molar-refractivity contribution is 5.79. The van der Waals surface area contributed by atoms with E-state index >= 15 is 0 Å². The van der Waals surface area contributed by atoms with Crippen LogP contribution in [0.3, 0.4) is 0 Å². The molecule has 27 heavy (non-hydrogen) atoms. The molecule has 1 aliphatic heterocycles. The van der Waals surface area contributed by atoms with Gasteiger partial charge in [0.1, 0.15) is 11.2 Å². The molecule has 0 aromatic carbocycles. The van der Waals surface area contributed by atoms with Crippen LogP contribution in [0.2, 0.25) is 0 Å². The van der Waals surface area contributed by atoms with Gasteiger partial charge in [-0.2, -0.15) is 0 Å².